The quantitative estimate of drug-likeness (QED) is 0.479. The van der Waals surface area contributed by atoms with Crippen LogP contribution in [0.3, 0.4) is 0 Å². The Labute approximate surface area is 219 Å². The highest BCUT2D eigenvalue weighted by molar-refractivity contribution is 5.72. The molecule has 0 aliphatic carbocycles. The van der Waals surface area contributed by atoms with Crippen LogP contribution in [0.15, 0.2) is 54.7 Å². The van der Waals surface area contributed by atoms with E-state index in [0.717, 1.165) is 75.5 Å². The van der Waals surface area contributed by atoms with Crippen LogP contribution in [-0.4, -0.2) is 75.7 Å². The number of rotatable bonds is 8. The van der Waals surface area contributed by atoms with Crippen LogP contribution < -0.4 is 24.8 Å². The standard InChI is InChI=1S/C28H36N6O3/c1-21(2)34(25-6-4-5-7-26(25)35-3)27-8-9-29-28(31-27)30-22-18-23(32-10-14-36-15-11-32)20-24(19-22)33-12-16-37-17-13-33/h4-9,18-21H,10-17H2,1-3H3,(H,29,30,31). The van der Waals surface area contributed by atoms with Crippen molar-refractivity contribution in [1.29, 1.82) is 0 Å². The van der Waals surface area contributed by atoms with Crippen LogP contribution in [0.25, 0.3) is 0 Å². The molecule has 196 valence electrons. The maximum absolute atomic E-state index is 5.64. The maximum Gasteiger partial charge on any atom is 0.229 e. The van der Waals surface area contributed by atoms with E-state index in [9.17, 15) is 0 Å². The van der Waals surface area contributed by atoms with Gasteiger partial charge in [0.1, 0.15) is 11.6 Å². The number of hydrogen-bond acceptors (Lipinski definition) is 9. The first-order valence-electron chi connectivity index (χ1n) is 12.9. The minimum Gasteiger partial charge on any atom is -0.495 e. The maximum atomic E-state index is 5.64. The minimum absolute atomic E-state index is 0.164. The molecule has 3 heterocycles. The summed E-state index contributed by atoms with van der Waals surface area (Å²) in [5.74, 6) is 2.15. The molecule has 5 rings (SSSR count). The van der Waals surface area contributed by atoms with Crippen molar-refractivity contribution >= 4 is 34.5 Å². The van der Waals surface area contributed by atoms with Crippen LogP contribution in [0.1, 0.15) is 13.8 Å². The molecular weight excluding hydrogens is 468 g/mol. The number of para-hydroxylation sites is 2. The van der Waals surface area contributed by atoms with E-state index in [2.05, 4.69) is 63.1 Å². The highest BCUT2D eigenvalue weighted by atomic mass is 16.5. The van der Waals surface area contributed by atoms with Crippen LogP contribution in [0.5, 0.6) is 5.75 Å². The van der Waals surface area contributed by atoms with Gasteiger partial charge in [-0.25, -0.2) is 4.98 Å². The van der Waals surface area contributed by atoms with Crippen molar-refractivity contribution in [2.75, 3.05) is 79.7 Å². The number of nitrogens with one attached hydrogen (secondary N) is 1. The zero-order chi connectivity index (χ0) is 25.6. The summed E-state index contributed by atoms with van der Waals surface area (Å²) in [6, 6.07) is 16.7. The Balaban J connectivity index is 1.46. The first kappa shape index (κ1) is 25.1. The average Bonchev–Trinajstić information content (AvgIpc) is 2.94. The molecule has 0 spiro atoms. The van der Waals surface area contributed by atoms with Gasteiger partial charge in [0.15, 0.2) is 0 Å². The molecule has 9 heteroatoms. The van der Waals surface area contributed by atoms with Crippen molar-refractivity contribution in [3.8, 4) is 5.75 Å². The van der Waals surface area contributed by atoms with E-state index >= 15 is 0 Å². The van der Waals surface area contributed by atoms with Crippen molar-refractivity contribution in [2.45, 2.75) is 19.9 Å². The van der Waals surface area contributed by atoms with E-state index < -0.39 is 0 Å². The van der Waals surface area contributed by atoms with Gasteiger partial charge in [-0.05, 0) is 50.2 Å². The van der Waals surface area contributed by atoms with Gasteiger partial charge in [-0.2, -0.15) is 4.98 Å². The molecule has 3 aromatic rings. The van der Waals surface area contributed by atoms with Gasteiger partial charge in [-0.1, -0.05) is 12.1 Å². The molecular formula is C28H36N6O3. The molecule has 1 N–H and O–H groups in total. The SMILES string of the molecule is COc1ccccc1N(c1ccnc(Nc2cc(N3CCOCC3)cc(N3CCOCC3)c2)n1)C(C)C. The number of ether oxygens (including phenoxy) is 3. The summed E-state index contributed by atoms with van der Waals surface area (Å²) in [5, 5.41) is 3.48. The van der Waals surface area contributed by atoms with Crippen molar-refractivity contribution in [3.63, 3.8) is 0 Å². The molecule has 0 radical (unpaired) electrons. The van der Waals surface area contributed by atoms with Crippen LogP contribution >= 0.6 is 0 Å². The normalized spacial score (nSPS) is 16.1. The number of methoxy groups -OCH3 is 1. The third-order valence-corrected chi connectivity index (χ3v) is 6.66. The van der Waals surface area contributed by atoms with Gasteiger partial charge >= 0.3 is 0 Å². The fourth-order valence-electron chi connectivity index (χ4n) is 4.84. The fraction of sp³-hybridized carbons (Fsp3) is 0.429. The lowest BCUT2D eigenvalue weighted by molar-refractivity contribution is 0.122. The van der Waals surface area contributed by atoms with Crippen LogP contribution in [-0.2, 0) is 9.47 Å². The first-order valence-corrected chi connectivity index (χ1v) is 12.9. The summed E-state index contributed by atoms with van der Waals surface area (Å²) in [7, 11) is 1.69. The van der Waals surface area contributed by atoms with E-state index in [-0.39, 0.29) is 6.04 Å². The zero-order valence-electron chi connectivity index (χ0n) is 21.9. The lowest BCUT2D eigenvalue weighted by atomic mass is 10.2. The van der Waals surface area contributed by atoms with E-state index in [1.165, 1.54) is 11.4 Å². The Bertz CT molecular complexity index is 1140. The van der Waals surface area contributed by atoms with Crippen molar-refractivity contribution < 1.29 is 14.2 Å². The minimum atomic E-state index is 0.164. The number of hydrogen-bond donors (Lipinski definition) is 1. The largest absolute Gasteiger partial charge is 0.495 e. The summed E-state index contributed by atoms with van der Waals surface area (Å²) in [6.45, 7) is 10.7. The Morgan fingerprint density at radius 1 is 0.892 bits per heavy atom. The summed E-state index contributed by atoms with van der Waals surface area (Å²) in [5.41, 5.74) is 4.26. The molecule has 1 aromatic heterocycles. The van der Waals surface area contributed by atoms with Gasteiger partial charge in [0, 0.05) is 55.5 Å². The Morgan fingerprint density at radius 2 is 1.51 bits per heavy atom. The number of morpholine rings is 2. The van der Waals surface area contributed by atoms with Gasteiger partial charge < -0.3 is 34.2 Å². The lowest BCUT2D eigenvalue weighted by Gasteiger charge is -2.33. The Morgan fingerprint density at radius 3 is 2.11 bits per heavy atom. The fourth-order valence-corrected chi connectivity index (χ4v) is 4.84. The van der Waals surface area contributed by atoms with Gasteiger partial charge in [-0.15, -0.1) is 0 Å². The second-order valence-corrected chi connectivity index (χ2v) is 9.44. The zero-order valence-corrected chi connectivity index (χ0v) is 21.9. The molecule has 2 aromatic carbocycles. The molecule has 2 aliphatic heterocycles. The molecule has 37 heavy (non-hydrogen) atoms. The molecule has 2 fully saturated rings. The van der Waals surface area contributed by atoms with E-state index in [0.29, 0.717) is 5.95 Å². The molecule has 0 amide bonds. The van der Waals surface area contributed by atoms with E-state index in [4.69, 9.17) is 19.2 Å². The van der Waals surface area contributed by atoms with Crippen molar-refractivity contribution in [2.24, 2.45) is 0 Å². The summed E-state index contributed by atoms with van der Waals surface area (Å²) in [4.78, 5) is 16.4. The third-order valence-electron chi connectivity index (χ3n) is 6.66. The van der Waals surface area contributed by atoms with Crippen molar-refractivity contribution in [3.05, 3.63) is 54.7 Å². The van der Waals surface area contributed by atoms with Crippen LogP contribution in [0.2, 0.25) is 0 Å². The van der Waals surface area contributed by atoms with E-state index in [1.807, 2.05) is 24.3 Å². The lowest BCUT2D eigenvalue weighted by Crippen LogP contribution is -2.38. The second-order valence-electron chi connectivity index (χ2n) is 9.44. The van der Waals surface area contributed by atoms with Gasteiger partial charge in [0.2, 0.25) is 5.95 Å². The van der Waals surface area contributed by atoms with E-state index in [1.54, 1.807) is 13.3 Å². The number of aromatic nitrogens is 2. The predicted molar refractivity (Wildman–Crippen MR) is 148 cm³/mol. The molecule has 2 aliphatic rings. The third kappa shape index (κ3) is 5.89. The average molecular weight is 505 g/mol. The molecule has 0 unspecified atom stereocenters. The van der Waals surface area contributed by atoms with Gasteiger partial charge in [-0.3, -0.25) is 0 Å². The summed E-state index contributed by atoms with van der Waals surface area (Å²) in [6.07, 6.45) is 1.80. The van der Waals surface area contributed by atoms with Crippen molar-refractivity contribution in [1.82, 2.24) is 9.97 Å². The summed E-state index contributed by atoms with van der Waals surface area (Å²) < 4.78 is 16.8. The number of nitrogens with zero attached hydrogens (tertiary/aromatic N) is 5. The predicted octanol–water partition coefficient (Wildman–Crippen LogP) is 4.45. The Kier molecular flexibility index (Phi) is 7.91. The monoisotopic (exact) mass is 504 g/mol. The molecule has 0 atom stereocenters. The van der Waals surface area contributed by atoms with Gasteiger partial charge in [0.25, 0.3) is 0 Å². The summed E-state index contributed by atoms with van der Waals surface area (Å²) >= 11 is 0. The highest BCUT2D eigenvalue weighted by Crippen LogP contribution is 2.35. The Hall–Kier alpha value is -3.56. The highest BCUT2D eigenvalue weighted by Gasteiger charge is 2.20. The number of benzene rings is 2. The first-order chi connectivity index (χ1) is 18.1. The van der Waals surface area contributed by atoms with Crippen LogP contribution in [0.4, 0.5) is 34.5 Å². The number of anilines is 6. The second kappa shape index (κ2) is 11.7. The molecule has 0 saturated carbocycles. The van der Waals surface area contributed by atoms with Gasteiger partial charge in [0.05, 0.1) is 39.2 Å². The smallest absolute Gasteiger partial charge is 0.229 e. The van der Waals surface area contributed by atoms with Crippen LogP contribution in [0, 0.1) is 0 Å². The molecule has 9 nitrogen and oxygen atoms in total. The molecule has 0 bridgehead atoms. The topological polar surface area (TPSA) is 75.2 Å². The molecule has 2 saturated heterocycles.